The van der Waals surface area contributed by atoms with E-state index in [9.17, 15) is 9.59 Å². The number of nitrogens with zero attached hydrogens (tertiary/aromatic N) is 2. The summed E-state index contributed by atoms with van der Waals surface area (Å²) >= 11 is 5.91. The number of rotatable bonds is 3. The van der Waals surface area contributed by atoms with Gasteiger partial charge in [0, 0.05) is 29.1 Å². The Balaban J connectivity index is 1.76. The third-order valence-corrected chi connectivity index (χ3v) is 5.24. The van der Waals surface area contributed by atoms with E-state index in [2.05, 4.69) is 15.7 Å². The molecule has 0 saturated heterocycles. The second-order valence-electron chi connectivity index (χ2n) is 6.81. The third kappa shape index (κ3) is 3.16. The first-order valence-corrected chi connectivity index (χ1v) is 9.29. The zero-order chi connectivity index (χ0) is 19.8. The summed E-state index contributed by atoms with van der Waals surface area (Å²) in [5.74, 6) is -0.280. The highest BCUT2D eigenvalue weighted by Crippen LogP contribution is 2.39. The molecule has 1 aliphatic rings. The minimum absolute atomic E-state index is 0.272. The maximum atomic E-state index is 12.9. The van der Waals surface area contributed by atoms with E-state index in [-0.39, 0.29) is 17.7 Å². The minimum Gasteiger partial charge on any atom is -0.339 e. The summed E-state index contributed by atoms with van der Waals surface area (Å²) in [4.78, 5) is 25.7. The summed E-state index contributed by atoms with van der Waals surface area (Å²) < 4.78 is 1.66. The fraction of sp³-hybridized carbons (Fsp3) is 0.190. The van der Waals surface area contributed by atoms with Gasteiger partial charge in [-0.05, 0) is 36.8 Å². The Bertz CT molecular complexity index is 1040. The molecule has 4 rings (SSSR count). The lowest BCUT2D eigenvalue weighted by molar-refractivity contribution is -0.118. The van der Waals surface area contributed by atoms with E-state index in [1.54, 1.807) is 36.0 Å². The molecule has 1 aliphatic heterocycles. The number of carbonyl (C=O) groups excluding carboxylic acids is 2. The number of hydrogen-bond donors (Lipinski definition) is 2. The van der Waals surface area contributed by atoms with Crippen LogP contribution in [-0.2, 0) is 11.8 Å². The smallest absolute Gasteiger partial charge is 0.251 e. The highest BCUT2D eigenvalue weighted by atomic mass is 35.5. The molecule has 0 radical (unpaired) electrons. The van der Waals surface area contributed by atoms with Crippen molar-refractivity contribution in [3.05, 3.63) is 82.0 Å². The maximum absolute atomic E-state index is 12.9. The van der Waals surface area contributed by atoms with Gasteiger partial charge >= 0.3 is 0 Å². The fourth-order valence-corrected chi connectivity index (χ4v) is 3.83. The SMILES string of the molecule is Cc1nn(C)c2c1[C@@H](c1ccccc1)[C@H](NC(=O)c1ccc(Cl)cc1)C(=O)N2. The second kappa shape index (κ2) is 7.13. The van der Waals surface area contributed by atoms with Gasteiger partial charge in [-0.25, -0.2) is 0 Å². The Morgan fingerprint density at radius 2 is 1.82 bits per heavy atom. The van der Waals surface area contributed by atoms with Gasteiger partial charge in [0.1, 0.15) is 11.9 Å². The summed E-state index contributed by atoms with van der Waals surface area (Å²) in [7, 11) is 1.79. The van der Waals surface area contributed by atoms with Crippen molar-refractivity contribution in [3.63, 3.8) is 0 Å². The van der Waals surface area contributed by atoms with Gasteiger partial charge in [-0.3, -0.25) is 14.3 Å². The Kier molecular flexibility index (Phi) is 4.65. The summed E-state index contributed by atoms with van der Waals surface area (Å²) in [6.45, 7) is 1.91. The molecule has 28 heavy (non-hydrogen) atoms. The van der Waals surface area contributed by atoms with Crippen molar-refractivity contribution in [3.8, 4) is 0 Å². The molecule has 142 valence electrons. The van der Waals surface area contributed by atoms with Crippen molar-refractivity contribution in [1.29, 1.82) is 0 Å². The first-order valence-electron chi connectivity index (χ1n) is 8.91. The largest absolute Gasteiger partial charge is 0.339 e. The molecule has 7 heteroatoms. The van der Waals surface area contributed by atoms with Crippen LogP contribution in [0.2, 0.25) is 5.02 Å². The van der Waals surface area contributed by atoms with Crippen LogP contribution in [0, 0.1) is 6.92 Å². The third-order valence-electron chi connectivity index (χ3n) is 4.99. The van der Waals surface area contributed by atoms with Crippen LogP contribution < -0.4 is 10.6 Å². The molecule has 2 heterocycles. The van der Waals surface area contributed by atoms with Gasteiger partial charge in [0.05, 0.1) is 5.69 Å². The van der Waals surface area contributed by atoms with E-state index in [0.29, 0.717) is 16.4 Å². The topological polar surface area (TPSA) is 76.0 Å². The molecular formula is C21H19ClN4O2. The molecule has 2 amide bonds. The lowest BCUT2D eigenvalue weighted by Gasteiger charge is -2.32. The van der Waals surface area contributed by atoms with Crippen LogP contribution in [0.15, 0.2) is 54.6 Å². The highest BCUT2D eigenvalue weighted by Gasteiger charge is 2.41. The van der Waals surface area contributed by atoms with Gasteiger partial charge in [0.25, 0.3) is 5.91 Å². The molecular weight excluding hydrogens is 376 g/mol. The van der Waals surface area contributed by atoms with Crippen LogP contribution in [0.4, 0.5) is 5.82 Å². The number of aromatic nitrogens is 2. The number of carbonyl (C=O) groups is 2. The number of aryl methyl sites for hydroxylation is 2. The summed E-state index contributed by atoms with van der Waals surface area (Å²) in [5, 5.41) is 10.8. The molecule has 0 spiro atoms. The average molecular weight is 395 g/mol. The first-order chi connectivity index (χ1) is 13.5. The maximum Gasteiger partial charge on any atom is 0.251 e. The normalized spacial score (nSPS) is 18.3. The van der Waals surface area contributed by atoms with Crippen LogP contribution >= 0.6 is 11.6 Å². The number of nitrogens with one attached hydrogen (secondary N) is 2. The highest BCUT2D eigenvalue weighted by molar-refractivity contribution is 6.30. The molecule has 0 bridgehead atoms. The van der Waals surface area contributed by atoms with Crippen LogP contribution in [0.5, 0.6) is 0 Å². The molecule has 0 aliphatic carbocycles. The van der Waals surface area contributed by atoms with E-state index in [4.69, 9.17) is 11.6 Å². The molecule has 2 atom stereocenters. The summed E-state index contributed by atoms with van der Waals surface area (Å²) in [5.41, 5.74) is 3.11. The van der Waals surface area contributed by atoms with Crippen molar-refractivity contribution >= 4 is 29.2 Å². The number of amides is 2. The summed E-state index contributed by atoms with van der Waals surface area (Å²) in [6, 6.07) is 15.5. The second-order valence-corrected chi connectivity index (χ2v) is 7.24. The Morgan fingerprint density at radius 1 is 1.14 bits per heavy atom. The first kappa shape index (κ1) is 18.3. The van der Waals surface area contributed by atoms with Crippen molar-refractivity contribution < 1.29 is 9.59 Å². The molecule has 0 saturated carbocycles. The molecule has 1 aromatic heterocycles. The van der Waals surface area contributed by atoms with Crippen LogP contribution in [-0.4, -0.2) is 27.6 Å². The molecule has 6 nitrogen and oxygen atoms in total. The van der Waals surface area contributed by atoms with E-state index in [1.165, 1.54) is 0 Å². The molecule has 0 unspecified atom stereocenters. The van der Waals surface area contributed by atoms with Crippen molar-refractivity contribution in [2.24, 2.45) is 7.05 Å². The van der Waals surface area contributed by atoms with E-state index in [0.717, 1.165) is 16.8 Å². The Morgan fingerprint density at radius 3 is 2.50 bits per heavy atom. The van der Waals surface area contributed by atoms with Crippen molar-refractivity contribution in [1.82, 2.24) is 15.1 Å². The van der Waals surface area contributed by atoms with Crippen molar-refractivity contribution in [2.45, 2.75) is 18.9 Å². The zero-order valence-corrected chi connectivity index (χ0v) is 16.2. The van der Waals surface area contributed by atoms with Gasteiger partial charge in [-0.15, -0.1) is 0 Å². The number of hydrogen-bond acceptors (Lipinski definition) is 3. The van der Waals surface area contributed by atoms with Gasteiger partial charge in [-0.2, -0.15) is 5.10 Å². The Labute approximate surface area is 167 Å². The fourth-order valence-electron chi connectivity index (χ4n) is 3.70. The number of benzene rings is 2. The molecule has 2 aromatic carbocycles. The molecule has 0 fully saturated rings. The van der Waals surface area contributed by atoms with Gasteiger partial charge < -0.3 is 10.6 Å². The van der Waals surface area contributed by atoms with Gasteiger partial charge in [0.2, 0.25) is 5.91 Å². The average Bonchev–Trinajstić information content (AvgIpc) is 2.97. The van der Waals surface area contributed by atoms with Gasteiger partial charge in [-0.1, -0.05) is 41.9 Å². The van der Waals surface area contributed by atoms with E-state index < -0.39 is 6.04 Å². The number of fused-ring (bicyclic) bond motifs is 1. The lowest BCUT2D eigenvalue weighted by atomic mass is 9.82. The molecule has 2 N–H and O–H groups in total. The van der Waals surface area contributed by atoms with Crippen LogP contribution in [0.1, 0.15) is 33.1 Å². The predicted molar refractivity (Wildman–Crippen MR) is 108 cm³/mol. The van der Waals surface area contributed by atoms with Crippen LogP contribution in [0.25, 0.3) is 0 Å². The van der Waals surface area contributed by atoms with Gasteiger partial charge in [0.15, 0.2) is 0 Å². The number of anilines is 1. The summed E-state index contributed by atoms with van der Waals surface area (Å²) in [6.07, 6.45) is 0. The van der Waals surface area contributed by atoms with Crippen molar-refractivity contribution in [2.75, 3.05) is 5.32 Å². The quantitative estimate of drug-likeness (QED) is 0.715. The monoisotopic (exact) mass is 394 g/mol. The minimum atomic E-state index is -0.763. The number of halogens is 1. The van der Waals surface area contributed by atoms with E-state index >= 15 is 0 Å². The lowest BCUT2D eigenvalue weighted by Crippen LogP contribution is -2.50. The Hall–Kier alpha value is -3.12. The van der Waals surface area contributed by atoms with E-state index in [1.807, 2.05) is 37.3 Å². The van der Waals surface area contributed by atoms with Crippen LogP contribution in [0.3, 0.4) is 0 Å². The standard InChI is InChI=1S/C21H19ClN4O2/c1-12-16-17(13-6-4-3-5-7-13)18(21(28)24-19(16)26(2)25-12)23-20(27)14-8-10-15(22)11-9-14/h3-11,17-18H,1-2H3,(H,23,27)(H,24,28)/t17-,18+/m1/s1. The zero-order valence-electron chi connectivity index (χ0n) is 15.4. The predicted octanol–water partition coefficient (Wildman–Crippen LogP) is 3.26. The molecule has 3 aromatic rings.